The van der Waals surface area contributed by atoms with E-state index < -0.39 is 0 Å². The largest absolute Gasteiger partial charge is 0.494 e. The second-order valence-electron chi connectivity index (χ2n) is 8.81. The van der Waals surface area contributed by atoms with Crippen molar-refractivity contribution in [2.24, 2.45) is 5.92 Å². The Labute approximate surface area is 189 Å². The number of benzene rings is 2. The Balaban J connectivity index is 1.41. The lowest BCUT2D eigenvalue weighted by Gasteiger charge is -2.27. The van der Waals surface area contributed by atoms with Crippen molar-refractivity contribution in [2.45, 2.75) is 77.6 Å². The van der Waals surface area contributed by atoms with Gasteiger partial charge in [-0.3, -0.25) is 0 Å². The molecule has 1 heteroatoms. The first-order valence-corrected chi connectivity index (χ1v) is 12.3. The van der Waals surface area contributed by atoms with E-state index in [1.54, 1.807) is 0 Å². The zero-order valence-corrected chi connectivity index (χ0v) is 19.4. The van der Waals surface area contributed by atoms with Gasteiger partial charge in [0.15, 0.2) is 0 Å². The highest BCUT2D eigenvalue weighted by Gasteiger charge is 2.20. The van der Waals surface area contributed by atoms with Gasteiger partial charge in [-0.15, -0.1) is 0 Å². The van der Waals surface area contributed by atoms with Gasteiger partial charge < -0.3 is 4.74 Å². The van der Waals surface area contributed by atoms with Gasteiger partial charge in [0, 0.05) is 5.56 Å². The van der Waals surface area contributed by atoms with E-state index in [1.807, 2.05) is 0 Å². The van der Waals surface area contributed by atoms with Crippen LogP contribution < -0.4 is 4.74 Å². The number of aryl methyl sites for hydroxylation is 1. The van der Waals surface area contributed by atoms with Crippen LogP contribution in [0.1, 0.15) is 87.8 Å². The second-order valence-corrected chi connectivity index (χ2v) is 8.81. The summed E-state index contributed by atoms with van der Waals surface area (Å²) in [5.41, 5.74) is 3.97. The van der Waals surface area contributed by atoms with E-state index in [2.05, 4.69) is 86.4 Å². The van der Waals surface area contributed by atoms with Gasteiger partial charge in [-0.1, -0.05) is 75.3 Å². The predicted octanol–water partition coefficient (Wildman–Crippen LogP) is 8.09. The van der Waals surface area contributed by atoms with Crippen molar-refractivity contribution in [3.8, 4) is 17.6 Å². The van der Waals surface area contributed by atoms with Crippen molar-refractivity contribution < 1.29 is 4.74 Å². The Morgan fingerprint density at radius 3 is 2.29 bits per heavy atom. The first-order valence-electron chi connectivity index (χ1n) is 12.3. The summed E-state index contributed by atoms with van der Waals surface area (Å²) in [4.78, 5) is 0. The lowest BCUT2D eigenvalue weighted by Crippen LogP contribution is -2.11. The summed E-state index contributed by atoms with van der Waals surface area (Å²) in [5.74, 6) is 8.86. The summed E-state index contributed by atoms with van der Waals surface area (Å²) in [6.45, 7) is 5.27. The fourth-order valence-electron chi connectivity index (χ4n) is 4.38. The molecule has 1 saturated carbocycles. The summed E-state index contributed by atoms with van der Waals surface area (Å²) in [5, 5.41) is 0. The molecule has 0 radical (unpaired) electrons. The molecule has 1 aliphatic rings. The van der Waals surface area contributed by atoms with Crippen molar-refractivity contribution in [2.75, 3.05) is 6.61 Å². The minimum atomic E-state index is 0.665. The molecule has 2 aromatic carbocycles. The number of allylic oxidation sites excluding steroid dienone is 2. The van der Waals surface area contributed by atoms with Crippen molar-refractivity contribution in [1.29, 1.82) is 0 Å². The van der Waals surface area contributed by atoms with Gasteiger partial charge in [0.1, 0.15) is 5.75 Å². The topological polar surface area (TPSA) is 9.23 Å². The molecular weight excluding hydrogens is 376 g/mol. The van der Waals surface area contributed by atoms with Gasteiger partial charge in [0.25, 0.3) is 0 Å². The van der Waals surface area contributed by atoms with E-state index in [-0.39, 0.29) is 0 Å². The van der Waals surface area contributed by atoms with Crippen LogP contribution in [0.4, 0.5) is 0 Å². The molecular formula is C30H38O. The Hall–Kier alpha value is -2.46. The summed E-state index contributed by atoms with van der Waals surface area (Å²) >= 11 is 0. The van der Waals surface area contributed by atoms with Crippen LogP contribution in [0.5, 0.6) is 5.75 Å². The molecule has 0 amide bonds. The maximum Gasteiger partial charge on any atom is 0.119 e. The molecule has 1 nitrogen and oxygen atoms in total. The van der Waals surface area contributed by atoms with E-state index in [1.165, 1.54) is 56.1 Å². The summed E-state index contributed by atoms with van der Waals surface area (Å²) in [6, 6.07) is 17.5. The molecule has 164 valence electrons. The molecule has 1 aliphatic carbocycles. The lowest BCUT2D eigenvalue weighted by atomic mass is 9.78. The quantitative estimate of drug-likeness (QED) is 0.297. The molecule has 0 unspecified atom stereocenters. The van der Waals surface area contributed by atoms with Crippen LogP contribution in [0.25, 0.3) is 0 Å². The zero-order valence-electron chi connectivity index (χ0n) is 19.4. The van der Waals surface area contributed by atoms with Gasteiger partial charge in [0.05, 0.1) is 6.61 Å². The summed E-state index contributed by atoms with van der Waals surface area (Å²) in [6.07, 6.45) is 15.4. The molecule has 0 saturated heterocycles. The maximum atomic E-state index is 5.85. The molecule has 0 atom stereocenters. The smallest absolute Gasteiger partial charge is 0.119 e. The molecule has 31 heavy (non-hydrogen) atoms. The van der Waals surface area contributed by atoms with E-state index in [9.17, 15) is 0 Å². The number of ether oxygens (including phenoxy) is 1. The molecule has 0 aliphatic heterocycles. The van der Waals surface area contributed by atoms with Gasteiger partial charge in [-0.05, 0) is 91.8 Å². The van der Waals surface area contributed by atoms with E-state index >= 15 is 0 Å². The van der Waals surface area contributed by atoms with Crippen molar-refractivity contribution in [3.05, 3.63) is 77.4 Å². The Morgan fingerprint density at radius 2 is 1.61 bits per heavy atom. The fraction of sp³-hybridized carbons (Fsp3) is 0.467. The fourth-order valence-corrected chi connectivity index (χ4v) is 4.38. The highest BCUT2D eigenvalue weighted by molar-refractivity contribution is 5.38. The third-order valence-corrected chi connectivity index (χ3v) is 6.30. The molecule has 3 rings (SSSR count). The van der Waals surface area contributed by atoms with Crippen molar-refractivity contribution in [1.82, 2.24) is 0 Å². The van der Waals surface area contributed by atoms with Gasteiger partial charge in [-0.2, -0.15) is 0 Å². The second kappa shape index (κ2) is 13.1. The van der Waals surface area contributed by atoms with Gasteiger partial charge in [0.2, 0.25) is 0 Å². The third kappa shape index (κ3) is 7.95. The third-order valence-electron chi connectivity index (χ3n) is 6.30. The van der Waals surface area contributed by atoms with Crippen LogP contribution in [0.3, 0.4) is 0 Å². The van der Waals surface area contributed by atoms with Crippen LogP contribution in [-0.2, 0) is 6.42 Å². The Bertz CT molecular complexity index is 840. The predicted molar refractivity (Wildman–Crippen MR) is 133 cm³/mol. The average Bonchev–Trinajstić information content (AvgIpc) is 2.82. The van der Waals surface area contributed by atoms with E-state index in [4.69, 9.17) is 4.74 Å². The minimum absolute atomic E-state index is 0.665. The molecule has 0 aromatic heterocycles. The Morgan fingerprint density at radius 1 is 0.871 bits per heavy atom. The molecule has 0 N–H and O–H groups in total. The normalized spacial score (nSPS) is 18.5. The molecule has 2 aromatic rings. The van der Waals surface area contributed by atoms with Crippen molar-refractivity contribution in [3.63, 3.8) is 0 Å². The van der Waals surface area contributed by atoms with Crippen LogP contribution in [-0.4, -0.2) is 6.61 Å². The average molecular weight is 415 g/mol. The number of unbranched alkanes of at least 4 members (excludes halogenated alkanes) is 2. The first kappa shape index (κ1) is 23.2. The van der Waals surface area contributed by atoms with E-state index in [0.29, 0.717) is 11.8 Å². The van der Waals surface area contributed by atoms with Gasteiger partial charge in [-0.25, -0.2) is 0 Å². The molecule has 0 bridgehead atoms. The molecule has 0 spiro atoms. The summed E-state index contributed by atoms with van der Waals surface area (Å²) < 4.78 is 5.85. The Kier molecular flexibility index (Phi) is 9.78. The van der Waals surface area contributed by atoms with E-state index in [0.717, 1.165) is 30.8 Å². The minimum Gasteiger partial charge on any atom is -0.494 e. The number of hydrogen-bond acceptors (Lipinski definition) is 1. The summed E-state index contributed by atoms with van der Waals surface area (Å²) in [7, 11) is 0. The van der Waals surface area contributed by atoms with Crippen LogP contribution >= 0.6 is 0 Å². The number of hydrogen-bond donors (Lipinski definition) is 0. The standard InChI is InChI=1S/C30H38O/c1-3-5-8-24-31-30-22-20-29(21-23-30)28-18-16-27(17-19-28)11-7-6-10-26-14-12-25(9-4-2)13-15-26/h7,11-15,20-23,27-28H,3-5,8-9,16-19,24H2,1-2H3/t27-,28-. The molecule has 1 fully saturated rings. The lowest BCUT2D eigenvalue weighted by molar-refractivity contribution is 0.306. The van der Waals surface area contributed by atoms with Crippen LogP contribution in [0, 0.1) is 17.8 Å². The SMILES string of the molecule is CCCCCOc1ccc([C@H]2CC[C@H](C=CC#Cc3ccc(CCC)cc3)CC2)cc1. The monoisotopic (exact) mass is 414 g/mol. The van der Waals surface area contributed by atoms with Crippen LogP contribution in [0.15, 0.2) is 60.7 Å². The molecule has 0 heterocycles. The first-order chi connectivity index (χ1) is 15.3. The highest BCUT2D eigenvalue weighted by Crippen LogP contribution is 2.36. The van der Waals surface area contributed by atoms with Crippen LogP contribution in [0.2, 0.25) is 0 Å². The van der Waals surface area contributed by atoms with Gasteiger partial charge >= 0.3 is 0 Å². The number of rotatable bonds is 9. The maximum absolute atomic E-state index is 5.85. The zero-order chi connectivity index (χ0) is 21.7. The highest BCUT2D eigenvalue weighted by atomic mass is 16.5. The van der Waals surface area contributed by atoms with Crippen molar-refractivity contribution >= 4 is 0 Å².